The molecule has 2 aromatic rings. The van der Waals surface area contributed by atoms with Gasteiger partial charge in [0.05, 0.1) is 12.8 Å². The number of carbonyl (C=O) groups excluding carboxylic acids is 1. The summed E-state index contributed by atoms with van der Waals surface area (Å²) in [6, 6.07) is 9.30. The van der Waals surface area contributed by atoms with Gasteiger partial charge in [0.15, 0.2) is 0 Å². The monoisotopic (exact) mass is 272 g/mol. The first-order valence-corrected chi connectivity index (χ1v) is 5.95. The number of pyridine rings is 1. The lowest BCUT2D eigenvalue weighted by atomic mass is 10.3. The molecule has 1 aromatic carbocycles. The van der Waals surface area contributed by atoms with Gasteiger partial charge < -0.3 is 5.32 Å². The van der Waals surface area contributed by atoms with Gasteiger partial charge in [0.25, 0.3) is 5.91 Å². The molecule has 1 heterocycles. The number of nitrogens with one attached hydrogen (secondary N) is 2. The Hall–Kier alpha value is -2.76. The van der Waals surface area contributed by atoms with Crippen molar-refractivity contribution in [2.24, 2.45) is 5.10 Å². The van der Waals surface area contributed by atoms with Crippen LogP contribution >= 0.6 is 0 Å². The summed E-state index contributed by atoms with van der Waals surface area (Å²) < 4.78 is 12.7. The van der Waals surface area contributed by atoms with Gasteiger partial charge in [-0.25, -0.2) is 9.82 Å². The first-order valence-electron chi connectivity index (χ1n) is 5.95. The fourth-order valence-electron chi connectivity index (χ4n) is 1.42. The van der Waals surface area contributed by atoms with Gasteiger partial charge in [0.2, 0.25) is 0 Å². The molecule has 0 saturated carbocycles. The Morgan fingerprint density at radius 3 is 2.60 bits per heavy atom. The van der Waals surface area contributed by atoms with Crippen molar-refractivity contribution in [2.45, 2.75) is 0 Å². The summed E-state index contributed by atoms with van der Waals surface area (Å²) in [4.78, 5) is 15.4. The number of hydrazone groups is 1. The molecule has 0 atom stereocenters. The molecule has 0 bridgehead atoms. The number of amides is 1. The summed E-state index contributed by atoms with van der Waals surface area (Å²) in [5.74, 6) is -0.610. The van der Waals surface area contributed by atoms with Gasteiger partial charge >= 0.3 is 0 Å². The van der Waals surface area contributed by atoms with Gasteiger partial charge in [-0.2, -0.15) is 5.10 Å². The van der Waals surface area contributed by atoms with Gasteiger partial charge in [0, 0.05) is 18.1 Å². The average molecular weight is 272 g/mol. The van der Waals surface area contributed by atoms with Crippen LogP contribution in [0.4, 0.5) is 10.1 Å². The minimum absolute atomic E-state index is 0.0549. The van der Waals surface area contributed by atoms with Crippen LogP contribution in [0.3, 0.4) is 0 Å². The molecule has 0 saturated heterocycles. The van der Waals surface area contributed by atoms with E-state index < -0.39 is 0 Å². The van der Waals surface area contributed by atoms with E-state index in [9.17, 15) is 9.18 Å². The van der Waals surface area contributed by atoms with E-state index in [1.54, 1.807) is 36.7 Å². The number of benzene rings is 1. The van der Waals surface area contributed by atoms with Crippen LogP contribution in [0.1, 0.15) is 5.56 Å². The molecule has 0 aliphatic carbocycles. The Bertz CT molecular complexity index is 584. The van der Waals surface area contributed by atoms with Gasteiger partial charge in [-0.15, -0.1) is 0 Å². The third-order valence-electron chi connectivity index (χ3n) is 2.41. The Kier molecular flexibility index (Phi) is 4.77. The average Bonchev–Trinajstić information content (AvgIpc) is 2.48. The summed E-state index contributed by atoms with van der Waals surface area (Å²) in [7, 11) is 0. The van der Waals surface area contributed by atoms with E-state index >= 15 is 0 Å². The first-order chi connectivity index (χ1) is 9.74. The fraction of sp³-hybridized carbons (Fsp3) is 0.0714. The molecular formula is C14H13FN4O. The summed E-state index contributed by atoms with van der Waals surface area (Å²) in [6.45, 7) is 0.0549. The molecule has 6 heteroatoms. The Labute approximate surface area is 115 Å². The number of hydrogen-bond donors (Lipinski definition) is 2. The molecule has 0 aliphatic rings. The van der Waals surface area contributed by atoms with Crippen LogP contribution in [-0.4, -0.2) is 23.7 Å². The molecule has 20 heavy (non-hydrogen) atoms. The number of hydrogen-bond acceptors (Lipinski definition) is 4. The van der Waals surface area contributed by atoms with Gasteiger partial charge in [0.1, 0.15) is 5.82 Å². The normalized spacial score (nSPS) is 10.4. The van der Waals surface area contributed by atoms with Crippen LogP contribution in [0.2, 0.25) is 0 Å². The standard InChI is InChI=1S/C14H13FN4O/c15-12-1-3-13(4-2-12)17-10-14(20)19-18-9-11-5-7-16-8-6-11/h1-9,17H,10H2,(H,19,20)/b18-9-. The smallest absolute Gasteiger partial charge is 0.259 e. The Morgan fingerprint density at radius 1 is 1.20 bits per heavy atom. The van der Waals surface area contributed by atoms with Crippen molar-refractivity contribution in [3.05, 3.63) is 60.2 Å². The minimum Gasteiger partial charge on any atom is -0.376 e. The van der Waals surface area contributed by atoms with Crippen molar-refractivity contribution < 1.29 is 9.18 Å². The number of halogens is 1. The maximum absolute atomic E-state index is 12.7. The molecule has 5 nitrogen and oxygen atoms in total. The van der Waals surface area contributed by atoms with Crippen molar-refractivity contribution in [2.75, 3.05) is 11.9 Å². The van der Waals surface area contributed by atoms with E-state index in [2.05, 4.69) is 20.8 Å². The molecule has 2 rings (SSSR count). The van der Waals surface area contributed by atoms with Crippen molar-refractivity contribution in [1.29, 1.82) is 0 Å². The molecular weight excluding hydrogens is 259 g/mol. The van der Waals surface area contributed by atoms with E-state index in [1.165, 1.54) is 18.3 Å². The Morgan fingerprint density at radius 2 is 1.90 bits per heavy atom. The first kappa shape index (κ1) is 13.7. The van der Waals surface area contributed by atoms with Crippen LogP contribution in [0.25, 0.3) is 0 Å². The molecule has 0 fully saturated rings. The molecule has 2 N–H and O–H groups in total. The zero-order valence-corrected chi connectivity index (χ0v) is 10.6. The third-order valence-corrected chi connectivity index (χ3v) is 2.41. The SMILES string of the molecule is O=C(CNc1ccc(F)cc1)N/N=C\c1ccncc1. The van der Waals surface area contributed by atoms with E-state index in [0.717, 1.165) is 5.56 Å². The van der Waals surface area contributed by atoms with Crippen LogP contribution < -0.4 is 10.7 Å². The van der Waals surface area contributed by atoms with Crippen molar-refractivity contribution in [3.63, 3.8) is 0 Å². The van der Waals surface area contributed by atoms with Crippen molar-refractivity contribution in [1.82, 2.24) is 10.4 Å². The second-order valence-electron chi connectivity index (χ2n) is 3.93. The topological polar surface area (TPSA) is 66.4 Å². The van der Waals surface area contributed by atoms with Crippen molar-refractivity contribution >= 4 is 17.8 Å². The molecule has 0 spiro atoms. The van der Waals surface area contributed by atoms with Crippen LogP contribution in [-0.2, 0) is 4.79 Å². The summed E-state index contributed by atoms with van der Waals surface area (Å²) in [5, 5.41) is 6.67. The molecule has 0 aliphatic heterocycles. The third kappa shape index (κ3) is 4.49. The van der Waals surface area contributed by atoms with E-state index in [-0.39, 0.29) is 18.3 Å². The van der Waals surface area contributed by atoms with Gasteiger partial charge in [-0.1, -0.05) is 0 Å². The van der Waals surface area contributed by atoms with Crippen LogP contribution in [0, 0.1) is 5.82 Å². The number of rotatable bonds is 5. The lowest BCUT2D eigenvalue weighted by Crippen LogP contribution is -2.25. The molecule has 1 aromatic heterocycles. The van der Waals surface area contributed by atoms with E-state index in [4.69, 9.17) is 0 Å². The predicted molar refractivity (Wildman–Crippen MR) is 74.9 cm³/mol. The molecule has 0 unspecified atom stereocenters. The number of nitrogens with zero attached hydrogens (tertiary/aromatic N) is 2. The molecule has 102 valence electrons. The number of aromatic nitrogens is 1. The quantitative estimate of drug-likeness (QED) is 0.644. The zero-order valence-electron chi connectivity index (χ0n) is 10.6. The summed E-state index contributed by atoms with van der Waals surface area (Å²) in [5.41, 5.74) is 3.89. The van der Waals surface area contributed by atoms with Gasteiger partial charge in [-0.3, -0.25) is 9.78 Å². The lowest BCUT2D eigenvalue weighted by Gasteiger charge is -2.04. The summed E-state index contributed by atoms with van der Waals surface area (Å²) >= 11 is 0. The maximum atomic E-state index is 12.7. The van der Waals surface area contributed by atoms with E-state index in [1.807, 2.05) is 0 Å². The molecule has 1 amide bonds. The zero-order chi connectivity index (χ0) is 14.2. The second kappa shape index (κ2) is 6.98. The highest BCUT2D eigenvalue weighted by atomic mass is 19.1. The number of carbonyl (C=O) groups is 1. The maximum Gasteiger partial charge on any atom is 0.259 e. The largest absolute Gasteiger partial charge is 0.376 e. The minimum atomic E-state index is -0.318. The highest BCUT2D eigenvalue weighted by Gasteiger charge is 1.99. The Balaban J connectivity index is 1.76. The second-order valence-corrected chi connectivity index (χ2v) is 3.93. The summed E-state index contributed by atoms with van der Waals surface area (Å²) in [6.07, 6.45) is 4.80. The highest BCUT2D eigenvalue weighted by Crippen LogP contribution is 2.07. The van der Waals surface area contributed by atoms with Crippen LogP contribution in [0.5, 0.6) is 0 Å². The lowest BCUT2D eigenvalue weighted by molar-refractivity contribution is -0.119. The number of anilines is 1. The van der Waals surface area contributed by atoms with Gasteiger partial charge in [-0.05, 0) is 42.0 Å². The predicted octanol–water partition coefficient (Wildman–Crippen LogP) is 1.78. The highest BCUT2D eigenvalue weighted by molar-refractivity contribution is 5.84. The van der Waals surface area contributed by atoms with Crippen molar-refractivity contribution in [3.8, 4) is 0 Å². The van der Waals surface area contributed by atoms with E-state index in [0.29, 0.717) is 5.69 Å². The fourth-order valence-corrected chi connectivity index (χ4v) is 1.42. The molecule has 0 radical (unpaired) electrons. The van der Waals surface area contributed by atoms with Crippen LogP contribution in [0.15, 0.2) is 53.9 Å².